The average Bonchev–Trinajstić information content (AvgIpc) is 3.30. The van der Waals surface area contributed by atoms with E-state index >= 15 is 0 Å². The third-order valence-corrected chi connectivity index (χ3v) is 7.16. The number of carbonyl (C=O) groups is 2. The molecule has 3 heterocycles. The van der Waals surface area contributed by atoms with E-state index in [-0.39, 0.29) is 18.0 Å². The van der Waals surface area contributed by atoms with E-state index in [4.69, 9.17) is 9.72 Å². The fraction of sp³-hybridized carbons (Fsp3) is 0.433. The van der Waals surface area contributed by atoms with Gasteiger partial charge in [0.05, 0.1) is 16.7 Å². The Labute approximate surface area is 223 Å². The van der Waals surface area contributed by atoms with Gasteiger partial charge in [-0.15, -0.1) is 0 Å². The summed E-state index contributed by atoms with van der Waals surface area (Å²) in [5.74, 6) is 0.713. The van der Waals surface area contributed by atoms with E-state index in [1.54, 1.807) is 4.90 Å². The molecule has 1 fully saturated rings. The van der Waals surface area contributed by atoms with E-state index in [1.165, 1.54) is 10.9 Å². The van der Waals surface area contributed by atoms with Gasteiger partial charge in [-0.1, -0.05) is 18.2 Å². The minimum atomic E-state index is -0.551. The van der Waals surface area contributed by atoms with Crippen LogP contribution in [0.2, 0.25) is 0 Å². The monoisotopic (exact) mass is 515 g/mol. The largest absolute Gasteiger partial charge is 0.444 e. The molecular formula is C30H37N5O3. The van der Waals surface area contributed by atoms with Crippen molar-refractivity contribution in [1.29, 1.82) is 0 Å². The Morgan fingerprint density at radius 3 is 2.63 bits per heavy atom. The highest BCUT2D eigenvalue weighted by atomic mass is 16.6. The number of imidazole rings is 1. The summed E-state index contributed by atoms with van der Waals surface area (Å²) in [4.78, 5) is 32.6. The van der Waals surface area contributed by atoms with Gasteiger partial charge in [0.25, 0.3) is 5.91 Å². The number of hydrogen-bond acceptors (Lipinski definition) is 4. The van der Waals surface area contributed by atoms with Crippen molar-refractivity contribution in [3.8, 4) is 11.5 Å². The summed E-state index contributed by atoms with van der Waals surface area (Å²) in [5.41, 5.74) is 3.99. The van der Waals surface area contributed by atoms with Crippen molar-refractivity contribution < 1.29 is 14.3 Å². The van der Waals surface area contributed by atoms with Gasteiger partial charge in [-0.2, -0.15) is 0 Å². The highest BCUT2D eigenvalue weighted by molar-refractivity contribution is 5.98. The molecule has 5 rings (SSSR count). The van der Waals surface area contributed by atoms with E-state index in [1.807, 2.05) is 52.1 Å². The van der Waals surface area contributed by atoms with Crippen LogP contribution in [0.5, 0.6) is 0 Å². The Morgan fingerprint density at radius 1 is 1.08 bits per heavy atom. The first-order valence-electron chi connectivity index (χ1n) is 13.5. The molecule has 4 aromatic rings. The zero-order valence-electron chi connectivity index (χ0n) is 23.0. The lowest BCUT2D eigenvalue weighted by Gasteiger charge is -2.28. The Morgan fingerprint density at radius 2 is 1.87 bits per heavy atom. The predicted molar refractivity (Wildman–Crippen MR) is 150 cm³/mol. The number of ether oxygens (including phenoxy) is 1. The molecule has 2 amide bonds. The normalized spacial score (nSPS) is 16.6. The average molecular weight is 516 g/mol. The molecule has 1 unspecified atom stereocenters. The number of nitrogens with one attached hydrogen (secondary N) is 1. The van der Waals surface area contributed by atoms with Crippen molar-refractivity contribution >= 4 is 33.9 Å². The third-order valence-electron chi connectivity index (χ3n) is 7.16. The van der Waals surface area contributed by atoms with Gasteiger partial charge in [0, 0.05) is 49.2 Å². The first kappa shape index (κ1) is 25.8. The van der Waals surface area contributed by atoms with E-state index in [2.05, 4.69) is 45.6 Å². The Balaban J connectivity index is 1.37. The van der Waals surface area contributed by atoms with Gasteiger partial charge in [0.2, 0.25) is 0 Å². The van der Waals surface area contributed by atoms with Gasteiger partial charge < -0.3 is 24.1 Å². The zero-order valence-corrected chi connectivity index (χ0v) is 23.0. The molecule has 8 heteroatoms. The molecule has 0 bridgehead atoms. The van der Waals surface area contributed by atoms with Crippen LogP contribution in [-0.4, -0.2) is 55.8 Å². The number of aryl methyl sites for hydroxylation is 2. The lowest BCUT2D eigenvalue weighted by Crippen LogP contribution is -2.46. The maximum atomic E-state index is 13.3. The molecule has 200 valence electrons. The molecule has 1 saturated heterocycles. The van der Waals surface area contributed by atoms with Crippen LogP contribution in [0.15, 0.2) is 48.5 Å². The standard InChI is InChI=1S/C30H37N5O3/c1-6-35-24-13-8-7-11-20(24)18-26(35)27-32-23-17-21(14-15-25(23)33(27)5)28(36)31-22-12-9-10-16-34(19-22)29(37)38-30(2,3)4/h7-8,11,13-15,17-18,22H,6,9-10,12,16,19H2,1-5H3,(H,31,36). The number of nitrogens with zero attached hydrogens (tertiary/aromatic N) is 4. The smallest absolute Gasteiger partial charge is 0.410 e. The molecule has 0 aliphatic carbocycles. The van der Waals surface area contributed by atoms with Gasteiger partial charge in [0.1, 0.15) is 5.60 Å². The fourth-order valence-corrected chi connectivity index (χ4v) is 5.33. The summed E-state index contributed by atoms with van der Waals surface area (Å²) in [7, 11) is 2.01. The quantitative estimate of drug-likeness (QED) is 0.376. The first-order chi connectivity index (χ1) is 18.1. The highest BCUT2D eigenvalue weighted by Gasteiger charge is 2.27. The number of carbonyl (C=O) groups excluding carboxylic acids is 2. The Bertz CT molecular complexity index is 1490. The summed E-state index contributed by atoms with van der Waals surface area (Å²) in [6, 6.07) is 16.1. The van der Waals surface area contributed by atoms with Crippen LogP contribution >= 0.6 is 0 Å². The van der Waals surface area contributed by atoms with Crippen LogP contribution in [0.25, 0.3) is 33.5 Å². The maximum absolute atomic E-state index is 13.3. The van der Waals surface area contributed by atoms with Crippen LogP contribution < -0.4 is 5.32 Å². The molecule has 1 atom stereocenters. The molecule has 38 heavy (non-hydrogen) atoms. The lowest BCUT2D eigenvalue weighted by molar-refractivity contribution is 0.0242. The molecule has 0 radical (unpaired) electrons. The van der Waals surface area contributed by atoms with Crippen LogP contribution in [0.4, 0.5) is 4.79 Å². The second kappa shape index (κ2) is 10.2. The molecule has 1 aliphatic heterocycles. The maximum Gasteiger partial charge on any atom is 0.410 e. The van der Waals surface area contributed by atoms with Crippen LogP contribution in [0.3, 0.4) is 0 Å². The summed E-state index contributed by atoms with van der Waals surface area (Å²) in [5, 5.41) is 4.33. The van der Waals surface area contributed by atoms with E-state index in [0.717, 1.165) is 48.4 Å². The van der Waals surface area contributed by atoms with Gasteiger partial charge in [0.15, 0.2) is 5.82 Å². The molecule has 1 N–H and O–H groups in total. The molecule has 2 aromatic carbocycles. The van der Waals surface area contributed by atoms with E-state index in [0.29, 0.717) is 18.7 Å². The van der Waals surface area contributed by atoms with Gasteiger partial charge in [-0.25, -0.2) is 9.78 Å². The third kappa shape index (κ3) is 5.12. The summed E-state index contributed by atoms with van der Waals surface area (Å²) < 4.78 is 9.92. The first-order valence-corrected chi connectivity index (χ1v) is 13.5. The van der Waals surface area contributed by atoms with Crippen molar-refractivity contribution in [2.24, 2.45) is 7.05 Å². The number of likely N-dealkylation sites (tertiary alicyclic amines) is 1. The molecule has 0 spiro atoms. The Kier molecular flexibility index (Phi) is 6.90. The minimum absolute atomic E-state index is 0.132. The summed E-state index contributed by atoms with van der Waals surface area (Å²) in [6.07, 6.45) is 2.33. The lowest BCUT2D eigenvalue weighted by atomic mass is 10.1. The van der Waals surface area contributed by atoms with Crippen LogP contribution in [-0.2, 0) is 18.3 Å². The van der Waals surface area contributed by atoms with E-state index in [9.17, 15) is 9.59 Å². The van der Waals surface area contributed by atoms with Crippen molar-refractivity contribution in [3.05, 3.63) is 54.1 Å². The number of rotatable bonds is 4. The summed E-state index contributed by atoms with van der Waals surface area (Å²) in [6.45, 7) is 9.64. The van der Waals surface area contributed by atoms with E-state index < -0.39 is 5.60 Å². The van der Waals surface area contributed by atoms with Crippen molar-refractivity contribution in [2.75, 3.05) is 13.1 Å². The predicted octanol–water partition coefficient (Wildman–Crippen LogP) is 5.73. The molecule has 8 nitrogen and oxygen atoms in total. The number of amides is 2. The van der Waals surface area contributed by atoms with Crippen molar-refractivity contribution in [1.82, 2.24) is 24.3 Å². The van der Waals surface area contributed by atoms with Crippen LogP contribution in [0.1, 0.15) is 57.3 Å². The number of hydrogen-bond donors (Lipinski definition) is 1. The zero-order chi connectivity index (χ0) is 27.0. The number of aromatic nitrogens is 3. The highest BCUT2D eigenvalue weighted by Crippen LogP contribution is 2.30. The second-order valence-corrected chi connectivity index (χ2v) is 11.1. The van der Waals surface area contributed by atoms with Crippen molar-refractivity contribution in [3.63, 3.8) is 0 Å². The van der Waals surface area contributed by atoms with Crippen molar-refractivity contribution in [2.45, 2.75) is 65.1 Å². The molecular weight excluding hydrogens is 478 g/mol. The number of fused-ring (bicyclic) bond motifs is 2. The van der Waals surface area contributed by atoms with Gasteiger partial charge in [-0.05, 0) is 77.3 Å². The number of benzene rings is 2. The number of para-hydroxylation sites is 1. The molecule has 0 saturated carbocycles. The van der Waals surface area contributed by atoms with Gasteiger partial charge >= 0.3 is 6.09 Å². The Hall–Kier alpha value is -3.81. The van der Waals surface area contributed by atoms with Crippen LogP contribution in [0, 0.1) is 0 Å². The minimum Gasteiger partial charge on any atom is -0.444 e. The topological polar surface area (TPSA) is 81.4 Å². The summed E-state index contributed by atoms with van der Waals surface area (Å²) >= 11 is 0. The SMILES string of the molecule is CCn1c(-c2nc3cc(C(=O)NC4CCCCN(C(=O)OC(C)(C)C)C4)ccc3n2C)cc2ccccc21. The molecule has 1 aliphatic rings. The van der Waals surface area contributed by atoms with Gasteiger partial charge in [-0.3, -0.25) is 4.79 Å². The molecule has 2 aromatic heterocycles. The fourth-order valence-electron chi connectivity index (χ4n) is 5.33. The second-order valence-electron chi connectivity index (χ2n) is 11.1.